The molecule has 1 aromatic rings. The molecule has 1 atom stereocenters. The molecule has 5 nitrogen and oxygen atoms in total. The van der Waals surface area contributed by atoms with Crippen LogP contribution in [-0.2, 0) is 11.3 Å². The number of fused-ring (bicyclic) bond motifs is 1. The first-order valence-corrected chi connectivity index (χ1v) is 6.69. The van der Waals surface area contributed by atoms with Crippen molar-refractivity contribution in [3.05, 3.63) is 23.8 Å². The van der Waals surface area contributed by atoms with E-state index in [1.807, 2.05) is 6.07 Å². The fraction of sp³-hybridized carbons (Fsp3) is 0.500. The number of hydrogen-bond acceptors (Lipinski definition) is 4. The zero-order valence-electron chi connectivity index (χ0n) is 11.6. The lowest BCUT2D eigenvalue weighted by Crippen LogP contribution is -2.41. The fourth-order valence-electron chi connectivity index (χ4n) is 2.55. The van der Waals surface area contributed by atoms with Crippen molar-refractivity contribution < 1.29 is 23.0 Å². The number of benzene rings is 1. The van der Waals surface area contributed by atoms with Crippen LogP contribution in [0.25, 0.3) is 0 Å². The zero-order chi connectivity index (χ0) is 15.0. The molecule has 21 heavy (non-hydrogen) atoms. The number of nitrogens with one attached hydrogen (secondary N) is 1. The first-order chi connectivity index (χ1) is 9.94. The van der Waals surface area contributed by atoms with Crippen LogP contribution in [0.4, 0.5) is 8.78 Å². The molecule has 7 heteroatoms. The first-order valence-electron chi connectivity index (χ1n) is 6.69. The molecule has 0 aromatic heterocycles. The van der Waals surface area contributed by atoms with E-state index in [2.05, 4.69) is 5.32 Å². The lowest BCUT2D eigenvalue weighted by molar-refractivity contribution is -0.132. The molecule has 1 saturated heterocycles. The van der Waals surface area contributed by atoms with Crippen LogP contribution in [0.3, 0.4) is 0 Å². The van der Waals surface area contributed by atoms with E-state index < -0.39 is 24.9 Å². The van der Waals surface area contributed by atoms with E-state index in [0.29, 0.717) is 18.0 Å². The van der Waals surface area contributed by atoms with Crippen LogP contribution < -0.4 is 14.8 Å². The third kappa shape index (κ3) is 2.92. The summed E-state index contributed by atoms with van der Waals surface area (Å²) >= 11 is 0. The highest BCUT2D eigenvalue weighted by atomic mass is 19.3. The molecule has 3 rings (SSSR count). The predicted octanol–water partition coefficient (Wildman–Crippen LogP) is 1.37. The summed E-state index contributed by atoms with van der Waals surface area (Å²) in [5, 5.41) is 2.57. The van der Waals surface area contributed by atoms with Crippen molar-refractivity contribution in [1.29, 1.82) is 0 Å². The topological polar surface area (TPSA) is 50.8 Å². The molecule has 0 bridgehead atoms. The van der Waals surface area contributed by atoms with Crippen molar-refractivity contribution in [2.24, 2.45) is 0 Å². The largest absolute Gasteiger partial charge is 0.454 e. The molecule has 0 saturated carbocycles. The highest BCUT2D eigenvalue weighted by Crippen LogP contribution is 2.33. The summed E-state index contributed by atoms with van der Waals surface area (Å²) in [6, 6.07) is 4.58. The maximum atomic E-state index is 13.1. The average molecular weight is 298 g/mol. The SMILES string of the molecule is CN(Cc1ccc2c(c1)OCO2)C(=O)C1CC(F)(F)CN1. The van der Waals surface area contributed by atoms with Crippen molar-refractivity contribution in [1.82, 2.24) is 10.2 Å². The van der Waals surface area contributed by atoms with E-state index in [0.717, 1.165) is 5.56 Å². The Labute approximate surface area is 120 Å². The molecule has 0 spiro atoms. The minimum Gasteiger partial charge on any atom is -0.454 e. The van der Waals surface area contributed by atoms with Crippen molar-refractivity contribution in [3.63, 3.8) is 0 Å². The smallest absolute Gasteiger partial charge is 0.262 e. The minimum atomic E-state index is -2.81. The maximum absolute atomic E-state index is 13.1. The van der Waals surface area contributed by atoms with E-state index in [-0.39, 0.29) is 12.7 Å². The van der Waals surface area contributed by atoms with Gasteiger partial charge in [0.2, 0.25) is 12.7 Å². The van der Waals surface area contributed by atoms with Gasteiger partial charge in [0.15, 0.2) is 11.5 Å². The summed E-state index contributed by atoms with van der Waals surface area (Å²) in [6.45, 7) is 0.0785. The van der Waals surface area contributed by atoms with Crippen molar-refractivity contribution in [2.75, 3.05) is 20.4 Å². The van der Waals surface area contributed by atoms with Crippen molar-refractivity contribution >= 4 is 5.91 Å². The first kappa shape index (κ1) is 14.1. The Morgan fingerprint density at radius 3 is 2.90 bits per heavy atom. The number of rotatable bonds is 3. The zero-order valence-corrected chi connectivity index (χ0v) is 11.6. The van der Waals surface area contributed by atoms with E-state index >= 15 is 0 Å². The van der Waals surface area contributed by atoms with Gasteiger partial charge in [0.05, 0.1) is 12.6 Å². The summed E-state index contributed by atoms with van der Waals surface area (Å²) < 4.78 is 36.7. The standard InChI is InChI=1S/C14H16F2N2O3/c1-18(13(19)10-5-14(15,16)7-17-10)6-9-2-3-11-12(4-9)21-8-20-11/h2-4,10,17H,5-8H2,1H3. The molecule has 2 aliphatic heterocycles. The van der Waals surface area contributed by atoms with Gasteiger partial charge < -0.3 is 14.4 Å². The third-order valence-corrected chi connectivity index (χ3v) is 3.64. The van der Waals surface area contributed by atoms with Gasteiger partial charge in [0.25, 0.3) is 5.92 Å². The number of ether oxygens (including phenoxy) is 2. The number of carbonyl (C=O) groups excluding carboxylic acids is 1. The van der Waals surface area contributed by atoms with Gasteiger partial charge >= 0.3 is 0 Å². The molecular formula is C14H16F2N2O3. The molecular weight excluding hydrogens is 282 g/mol. The van der Waals surface area contributed by atoms with Crippen molar-refractivity contribution in [3.8, 4) is 11.5 Å². The monoisotopic (exact) mass is 298 g/mol. The summed E-state index contributed by atoms with van der Waals surface area (Å²) in [5.74, 6) is -1.83. The lowest BCUT2D eigenvalue weighted by Gasteiger charge is -2.21. The third-order valence-electron chi connectivity index (χ3n) is 3.64. The molecule has 1 amide bonds. The summed E-state index contributed by atoms with van der Waals surface area (Å²) in [7, 11) is 1.60. The molecule has 1 fully saturated rings. The van der Waals surface area contributed by atoms with Crippen LogP contribution in [0.2, 0.25) is 0 Å². The van der Waals surface area contributed by atoms with Crippen LogP contribution in [0.15, 0.2) is 18.2 Å². The molecule has 2 aliphatic rings. The van der Waals surface area contributed by atoms with Gasteiger partial charge in [-0.3, -0.25) is 10.1 Å². The van der Waals surface area contributed by atoms with Crippen LogP contribution in [0, 0.1) is 0 Å². The molecule has 114 valence electrons. The van der Waals surface area contributed by atoms with E-state index in [4.69, 9.17) is 9.47 Å². The maximum Gasteiger partial charge on any atom is 0.262 e. The molecule has 1 N–H and O–H groups in total. The molecule has 1 unspecified atom stereocenters. The minimum absolute atomic E-state index is 0.189. The number of likely N-dealkylation sites (N-methyl/N-ethyl adjacent to an activating group) is 1. The number of hydrogen-bond donors (Lipinski definition) is 1. The second-order valence-electron chi connectivity index (χ2n) is 5.38. The molecule has 2 heterocycles. The summed E-state index contributed by atoms with van der Waals surface area (Å²) in [5.41, 5.74) is 0.861. The Balaban J connectivity index is 1.63. The number of amides is 1. The van der Waals surface area contributed by atoms with E-state index in [9.17, 15) is 13.6 Å². The van der Waals surface area contributed by atoms with Gasteiger partial charge in [0.1, 0.15) is 0 Å². The lowest BCUT2D eigenvalue weighted by atomic mass is 10.1. The molecule has 0 radical (unpaired) electrons. The Morgan fingerprint density at radius 1 is 1.43 bits per heavy atom. The highest BCUT2D eigenvalue weighted by Gasteiger charge is 2.43. The molecule has 1 aromatic carbocycles. The average Bonchev–Trinajstić information content (AvgIpc) is 3.03. The number of nitrogens with zero attached hydrogens (tertiary/aromatic N) is 1. The van der Waals surface area contributed by atoms with E-state index in [1.165, 1.54) is 4.90 Å². The van der Waals surface area contributed by atoms with Gasteiger partial charge in [-0.25, -0.2) is 8.78 Å². The second kappa shape index (κ2) is 5.14. The summed E-state index contributed by atoms with van der Waals surface area (Å²) in [4.78, 5) is 13.6. The van der Waals surface area contributed by atoms with Gasteiger partial charge in [-0.2, -0.15) is 0 Å². The number of halogens is 2. The van der Waals surface area contributed by atoms with E-state index in [1.54, 1.807) is 19.2 Å². The predicted molar refractivity (Wildman–Crippen MR) is 70.4 cm³/mol. The summed E-state index contributed by atoms with van der Waals surface area (Å²) in [6.07, 6.45) is -0.447. The normalized spacial score (nSPS) is 22.3. The van der Waals surface area contributed by atoms with Gasteiger partial charge in [-0.1, -0.05) is 6.07 Å². The Kier molecular flexibility index (Phi) is 3.44. The Bertz CT molecular complexity index is 565. The number of carbonyl (C=O) groups is 1. The second-order valence-corrected chi connectivity index (χ2v) is 5.38. The van der Waals surface area contributed by atoms with Crippen molar-refractivity contribution in [2.45, 2.75) is 24.9 Å². The number of alkyl halides is 2. The quantitative estimate of drug-likeness (QED) is 0.916. The van der Waals surface area contributed by atoms with Gasteiger partial charge in [-0.05, 0) is 17.7 Å². The Morgan fingerprint density at radius 2 is 2.19 bits per heavy atom. The highest BCUT2D eigenvalue weighted by molar-refractivity contribution is 5.82. The Hall–Kier alpha value is -1.89. The van der Waals surface area contributed by atoms with Crippen LogP contribution in [-0.4, -0.2) is 43.2 Å². The van der Waals surface area contributed by atoms with Crippen LogP contribution in [0.1, 0.15) is 12.0 Å². The van der Waals surface area contributed by atoms with Gasteiger partial charge in [-0.15, -0.1) is 0 Å². The fourth-order valence-corrected chi connectivity index (χ4v) is 2.55. The van der Waals surface area contributed by atoms with Crippen LogP contribution >= 0.6 is 0 Å². The molecule has 0 aliphatic carbocycles. The van der Waals surface area contributed by atoms with Gasteiger partial charge in [0, 0.05) is 20.0 Å². The van der Waals surface area contributed by atoms with Crippen LogP contribution in [0.5, 0.6) is 11.5 Å².